The molecule has 7 heteroatoms. The lowest BCUT2D eigenvalue weighted by atomic mass is 10.3. The maximum atomic E-state index is 13.0. The third-order valence-corrected chi connectivity index (χ3v) is 2.97. The standard InChI is InChI=1S/C14H8ClFN4O/c15-12-13(19-9-5-2-1-4-8(9)18-12)20-14(21)10-6-3-7-11(16)17-10/h1-7H,(H,19,20,21). The van der Waals surface area contributed by atoms with Crippen molar-refractivity contribution in [3.8, 4) is 0 Å². The van der Waals surface area contributed by atoms with Crippen LogP contribution in [-0.2, 0) is 0 Å². The van der Waals surface area contributed by atoms with Crippen molar-refractivity contribution in [1.29, 1.82) is 0 Å². The summed E-state index contributed by atoms with van der Waals surface area (Å²) in [5.41, 5.74) is 1.13. The molecular weight excluding hydrogens is 295 g/mol. The Labute approximate surface area is 123 Å². The number of halogens is 2. The number of para-hydroxylation sites is 2. The summed E-state index contributed by atoms with van der Waals surface area (Å²) in [4.78, 5) is 23.8. The molecular formula is C14H8ClFN4O. The van der Waals surface area contributed by atoms with Gasteiger partial charge in [0.25, 0.3) is 5.91 Å². The quantitative estimate of drug-likeness (QED) is 0.739. The summed E-state index contributed by atoms with van der Waals surface area (Å²) in [5, 5.41) is 2.53. The molecule has 21 heavy (non-hydrogen) atoms. The minimum absolute atomic E-state index is 0.0541. The van der Waals surface area contributed by atoms with Crippen LogP contribution in [0.15, 0.2) is 42.5 Å². The van der Waals surface area contributed by atoms with Gasteiger partial charge < -0.3 is 5.32 Å². The number of amides is 1. The molecule has 104 valence electrons. The zero-order valence-corrected chi connectivity index (χ0v) is 11.3. The van der Waals surface area contributed by atoms with Gasteiger partial charge in [-0.25, -0.2) is 15.0 Å². The number of hydrogen-bond donors (Lipinski definition) is 1. The first-order valence-electron chi connectivity index (χ1n) is 6.00. The molecule has 3 rings (SSSR count). The third kappa shape index (κ3) is 2.80. The number of hydrogen-bond acceptors (Lipinski definition) is 4. The van der Waals surface area contributed by atoms with Gasteiger partial charge in [0, 0.05) is 0 Å². The van der Waals surface area contributed by atoms with E-state index in [4.69, 9.17) is 11.6 Å². The van der Waals surface area contributed by atoms with Crippen molar-refractivity contribution in [2.45, 2.75) is 0 Å². The van der Waals surface area contributed by atoms with E-state index in [1.165, 1.54) is 12.1 Å². The van der Waals surface area contributed by atoms with Crippen molar-refractivity contribution < 1.29 is 9.18 Å². The van der Waals surface area contributed by atoms with Gasteiger partial charge in [-0.1, -0.05) is 29.8 Å². The van der Waals surface area contributed by atoms with Gasteiger partial charge in [-0.3, -0.25) is 4.79 Å². The molecule has 0 fully saturated rings. The smallest absolute Gasteiger partial charge is 0.275 e. The Kier molecular flexibility index (Phi) is 3.45. The summed E-state index contributed by atoms with van der Waals surface area (Å²) >= 11 is 5.98. The van der Waals surface area contributed by atoms with E-state index in [9.17, 15) is 9.18 Å². The fourth-order valence-corrected chi connectivity index (χ4v) is 1.94. The van der Waals surface area contributed by atoms with E-state index in [2.05, 4.69) is 20.3 Å². The molecule has 0 unspecified atom stereocenters. The van der Waals surface area contributed by atoms with Crippen molar-refractivity contribution in [2.75, 3.05) is 5.32 Å². The van der Waals surface area contributed by atoms with Crippen molar-refractivity contribution in [1.82, 2.24) is 15.0 Å². The second-order valence-corrected chi connectivity index (χ2v) is 4.51. The number of fused-ring (bicyclic) bond motifs is 1. The van der Waals surface area contributed by atoms with Gasteiger partial charge in [0.1, 0.15) is 5.69 Å². The predicted molar refractivity (Wildman–Crippen MR) is 76.7 cm³/mol. The SMILES string of the molecule is O=C(Nc1nc2ccccc2nc1Cl)c1cccc(F)n1. The molecule has 2 heterocycles. The average molecular weight is 303 g/mol. The van der Waals surface area contributed by atoms with Crippen LogP contribution in [0.4, 0.5) is 10.2 Å². The largest absolute Gasteiger partial charge is 0.303 e. The fraction of sp³-hybridized carbons (Fsp3) is 0. The number of benzene rings is 1. The van der Waals surface area contributed by atoms with Crippen LogP contribution in [0.2, 0.25) is 5.15 Å². The Morgan fingerprint density at radius 3 is 2.43 bits per heavy atom. The van der Waals surface area contributed by atoms with E-state index in [1.54, 1.807) is 18.2 Å². The van der Waals surface area contributed by atoms with Crippen LogP contribution in [0.1, 0.15) is 10.5 Å². The van der Waals surface area contributed by atoms with Crippen LogP contribution >= 0.6 is 11.6 Å². The number of anilines is 1. The molecule has 5 nitrogen and oxygen atoms in total. The molecule has 0 saturated carbocycles. The first kappa shape index (κ1) is 13.4. The molecule has 0 atom stereocenters. The first-order chi connectivity index (χ1) is 10.1. The topological polar surface area (TPSA) is 67.8 Å². The number of pyridine rings is 1. The van der Waals surface area contributed by atoms with Crippen LogP contribution in [0.5, 0.6) is 0 Å². The summed E-state index contributed by atoms with van der Waals surface area (Å²) in [6, 6.07) is 11.0. The number of carbonyl (C=O) groups is 1. The highest BCUT2D eigenvalue weighted by molar-refractivity contribution is 6.32. The molecule has 2 aromatic heterocycles. The van der Waals surface area contributed by atoms with E-state index in [1.807, 2.05) is 6.07 Å². The van der Waals surface area contributed by atoms with Crippen LogP contribution in [-0.4, -0.2) is 20.9 Å². The van der Waals surface area contributed by atoms with Crippen molar-refractivity contribution in [3.05, 3.63) is 59.3 Å². The van der Waals surface area contributed by atoms with Gasteiger partial charge in [0.15, 0.2) is 11.0 Å². The van der Waals surface area contributed by atoms with E-state index < -0.39 is 11.9 Å². The van der Waals surface area contributed by atoms with Crippen molar-refractivity contribution in [3.63, 3.8) is 0 Å². The molecule has 0 radical (unpaired) electrons. The maximum Gasteiger partial charge on any atom is 0.275 e. The minimum atomic E-state index is -0.738. The molecule has 0 spiro atoms. The predicted octanol–water partition coefficient (Wildman–Crippen LogP) is 3.07. The Morgan fingerprint density at radius 2 is 1.71 bits per heavy atom. The lowest BCUT2D eigenvalue weighted by Crippen LogP contribution is -2.15. The number of rotatable bonds is 2. The summed E-state index contributed by atoms with van der Waals surface area (Å²) in [7, 11) is 0. The van der Waals surface area contributed by atoms with Crippen molar-refractivity contribution >= 4 is 34.4 Å². The third-order valence-electron chi connectivity index (χ3n) is 2.71. The maximum absolute atomic E-state index is 13.0. The van der Waals surface area contributed by atoms with Gasteiger partial charge >= 0.3 is 0 Å². The van der Waals surface area contributed by atoms with Gasteiger partial charge in [-0.15, -0.1) is 0 Å². The molecule has 3 aromatic rings. The lowest BCUT2D eigenvalue weighted by Gasteiger charge is -2.06. The average Bonchev–Trinajstić information content (AvgIpc) is 2.48. The molecule has 0 saturated heterocycles. The Bertz CT molecular complexity index is 840. The summed E-state index contributed by atoms with van der Waals surface area (Å²) < 4.78 is 13.0. The van der Waals surface area contributed by atoms with E-state index in [0.29, 0.717) is 11.0 Å². The first-order valence-corrected chi connectivity index (χ1v) is 6.37. The molecule has 1 amide bonds. The van der Waals surface area contributed by atoms with Crippen LogP contribution in [0.3, 0.4) is 0 Å². The Morgan fingerprint density at radius 1 is 1.00 bits per heavy atom. The Balaban J connectivity index is 1.94. The number of nitrogens with zero attached hydrogens (tertiary/aromatic N) is 3. The second-order valence-electron chi connectivity index (χ2n) is 4.15. The zero-order valence-electron chi connectivity index (χ0n) is 10.5. The number of nitrogens with one attached hydrogen (secondary N) is 1. The molecule has 0 aliphatic heterocycles. The molecule has 0 aliphatic rings. The summed E-state index contributed by atoms with van der Waals surface area (Å²) in [6.07, 6.45) is 0. The highest BCUT2D eigenvalue weighted by Gasteiger charge is 2.13. The zero-order chi connectivity index (χ0) is 14.8. The molecule has 0 bridgehead atoms. The Hall–Kier alpha value is -2.60. The summed E-state index contributed by atoms with van der Waals surface area (Å²) in [5.74, 6) is -1.24. The van der Waals surface area contributed by atoms with Crippen LogP contribution < -0.4 is 5.32 Å². The second kappa shape index (κ2) is 5.41. The van der Waals surface area contributed by atoms with Gasteiger partial charge in [-0.2, -0.15) is 4.39 Å². The number of carbonyl (C=O) groups excluding carboxylic acids is 1. The van der Waals surface area contributed by atoms with Crippen molar-refractivity contribution in [2.24, 2.45) is 0 Å². The fourth-order valence-electron chi connectivity index (χ4n) is 1.76. The van der Waals surface area contributed by atoms with E-state index in [-0.39, 0.29) is 16.7 Å². The monoisotopic (exact) mass is 302 g/mol. The molecule has 1 aromatic carbocycles. The van der Waals surface area contributed by atoms with Crippen LogP contribution in [0, 0.1) is 5.95 Å². The van der Waals surface area contributed by atoms with Crippen LogP contribution in [0.25, 0.3) is 11.0 Å². The normalized spacial score (nSPS) is 10.6. The summed E-state index contributed by atoms with van der Waals surface area (Å²) in [6.45, 7) is 0. The molecule has 1 N–H and O–H groups in total. The highest BCUT2D eigenvalue weighted by atomic mass is 35.5. The van der Waals surface area contributed by atoms with Gasteiger partial charge in [0.2, 0.25) is 5.95 Å². The van der Waals surface area contributed by atoms with E-state index in [0.717, 1.165) is 6.07 Å². The minimum Gasteiger partial charge on any atom is -0.303 e. The number of aromatic nitrogens is 3. The van der Waals surface area contributed by atoms with E-state index >= 15 is 0 Å². The molecule has 0 aliphatic carbocycles. The highest BCUT2D eigenvalue weighted by Crippen LogP contribution is 2.21. The van der Waals surface area contributed by atoms with Gasteiger partial charge in [-0.05, 0) is 24.3 Å². The van der Waals surface area contributed by atoms with Gasteiger partial charge in [0.05, 0.1) is 11.0 Å². The lowest BCUT2D eigenvalue weighted by molar-refractivity contribution is 0.102.